The molecule has 1 heterocycles. The zero-order valence-corrected chi connectivity index (χ0v) is 9.55. The van der Waals surface area contributed by atoms with E-state index in [4.69, 9.17) is 14.4 Å². The van der Waals surface area contributed by atoms with Gasteiger partial charge in [0.2, 0.25) is 11.7 Å². The van der Waals surface area contributed by atoms with E-state index in [1.54, 1.807) is 7.11 Å². The Morgan fingerprint density at radius 3 is 2.82 bits per heavy atom. The molecule has 17 heavy (non-hydrogen) atoms. The number of carboxylic acid groups (broad SMARTS) is 1. The van der Waals surface area contributed by atoms with Gasteiger partial charge in [0, 0.05) is 7.11 Å². The molecular weight excluding hydrogens is 224 g/mol. The third-order valence-electron chi connectivity index (χ3n) is 3.83. The third-order valence-corrected chi connectivity index (χ3v) is 3.83. The summed E-state index contributed by atoms with van der Waals surface area (Å²) in [5.74, 6) is -0.251. The minimum absolute atomic E-state index is 0.109. The highest BCUT2D eigenvalue weighted by Crippen LogP contribution is 2.48. The van der Waals surface area contributed by atoms with Crippen molar-refractivity contribution < 1.29 is 19.2 Å². The first-order valence-corrected chi connectivity index (χ1v) is 5.78. The highest BCUT2D eigenvalue weighted by Gasteiger charge is 2.50. The zero-order valence-electron chi connectivity index (χ0n) is 9.55. The van der Waals surface area contributed by atoms with Crippen LogP contribution in [-0.4, -0.2) is 28.3 Å². The molecule has 0 bridgehead atoms. The number of aromatic nitrogens is 2. The van der Waals surface area contributed by atoms with E-state index < -0.39 is 11.6 Å². The molecule has 0 saturated heterocycles. The molecule has 0 aromatic carbocycles. The van der Waals surface area contributed by atoms with Crippen molar-refractivity contribution in [2.75, 3.05) is 7.11 Å². The number of hydrogen-bond donors (Lipinski definition) is 1. The molecule has 2 aliphatic rings. The molecule has 92 valence electrons. The van der Waals surface area contributed by atoms with Crippen LogP contribution in [0.3, 0.4) is 0 Å². The van der Waals surface area contributed by atoms with E-state index in [0.29, 0.717) is 18.1 Å². The molecule has 1 N–H and O–H groups in total. The number of methoxy groups -OCH3 is 1. The first-order valence-electron chi connectivity index (χ1n) is 5.78. The fourth-order valence-electron chi connectivity index (χ4n) is 2.33. The largest absolute Gasteiger partial charge is 0.481 e. The van der Waals surface area contributed by atoms with Crippen LogP contribution >= 0.6 is 0 Å². The molecule has 2 saturated carbocycles. The molecule has 6 heteroatoms. The number of rotatable bonds is 4. The van der Waals surface area contributed by atoms with Crippen LogP contribution in [0.2, 0.25) is 0 Å². The van der Waals surface area contributed by atoms with Crippen LogP contribution in [0.25, 0.3) is 0 Å². The molecule has 0 aliphatic heterocycles. The van der Waals surface area contributed by atoms with Gasteiger partial charge in [0.15, 0.2) is 0 Å². The summed E-state index contributed by atoms with van der Waals surface area (Å²) in [4.78, 5) is 15.1. The molecule has 2 aliphatic carbocycles. The van der Waals surface area contributed by atoms with Gasteiger partial charge < -0.3 is 14.4 Å². The number of carboxylic acids is 1. The maximum absolute atomic E-state index is 10.8. The van der Waals surface area contributed by atoms with E-state index >= 15 is 0 Å². The maximum Gasteiger partial charge on any atom is 0.307 e. The summed E-state index contributed by atoms with van der Waals surface area (Å²) < 4.78 is 10.6. The SMILES string of the molecule is COC1(c2noc(C3CC3C(=O)O)n2)CCC1. The number of aliphatic carboxylic acids is 1. The smallest absolute Gasteiger partial charge is 0.307 e. The van der Waals surface area contributed by atoms with Crippen molar-refractivity contribution in [1.29, 1.82) is 0 Å². The maximum atomic E-state index is 10.8. The van der Waals surface area contributed by atoms with Gasteiger partial charge in [-0.25, -0.2) is 0 Å². The number of carbonyl (C=O) groups is 1. The van der Waals surface area contributed by atoms with E-state index in [0.717, 1.165) is 19.3 Å². The quantitative estimate of drug-likeness (QED) is 0.850. The van der Waals surface area contributed by atoms with Gasteiger partial charge in [-0.15, -0.1) is 0 Å². The van der Waals surface area contributed by atoms with Crippen molar-refractivity contribution in [2.24, 2.45) is 5.92 Å². The highest BCUT2D eigenvalue weighted by atomic mass is 16.5. The van der Waals surface area contributed by atoms with Crippen LogP contribution in [0, 0.1) is 5.92 Å². The molecule has 2 fully saturated rings. The lowest BCUT2D eigenvalue weighted by molar-refractivity contribution is -0.138. The fourth-order valence-corrected chi connectivity index (χ4v) is 2.33. The molecule has 1 aromatic heterocycles. The normalized spacial score (nSPS) is 29.7. The first kappa shape index (κ1) is 10.7. The predicted octanol–water partition coefficient (Wildman–Crippen LogP) is 1.28. The Hall–Kier alpha value is -1.43. The van der Waals surface area contributed by atoms with Crippen LogP contribution in [0.5, 0.6) is 0 Å². The van der Waals surface area contributed by atoms with Crippen molar-refractivity contribution in [2.45, 2.75) is 37.2 Å². The standard InChI is InChI=1S/C11H14N2O4/c1-16-11(3-2-4-11)10-12-8(17-13-10)6-5-7(6)9(14)15/h6-7H,2-5H2,1H3,(H,14,15). The number of ether oxygens (including phenoxy) is 1. The second-order valence-corrected chi connectivity index (χ2v) is 4.80. The molecule has 0 amide bonds. The topological polar surface area (TPSA) is 85.5 Å². The number of hydrogen-bond acceptors (Lipinski definition) is 5. The summed E-state index contributed by atoms with van der Waals surface area (Å²) in [6.45, 7) is 0. The molecule has 1 aromatic rings. The average Bonchev–Trinajstić information content (AvgIpc) is 2.91. The molecule has 0 spiro atoms. The fraction of sp³-hybridized carbons (Fsp3) is 0.727. The van der Waals surface area contributed by atoms with Crippen LogP contribution in [0.15, 0.2) is 4.52 Å². The lowest BCUT2D eigenvalue weighted by atomic mass is 9.79. The van der Waals surface area contributed by atoms with E-state index in [1.807, 2.05) is 0 Å². The minimum atomic E-state index is -0.792. The molecule has 6 nitrogen and oxygen atoms in total. The van der Waals surface area contributed by atoms with Gasteiger partial charge >= 0.3 is 5.97 Å². The second kappa shape index (κ2) is 3.53. The van der Waals surface area contributed by atoms with E-state index in [-0.39, 0.29) is 11.8 Å². The average molecular weight is 238 g/mol. The monoisotopic (exact) mass is 238 g/mol. The Balaban J connectivity index is 1.78. The summed E-state index contributed by atoms with van der Waals surface area (Å²) in [5, 5.41) is 12.8. The Labute approximate surface area is 98.0 Å². The lowest BCUT2D eigenvalue weighted by Crippen LogP contribution is -2.37. The van der Waals surface area contributed by atoms with Gasteiger partial charge in [0.1, 0.15) is 5.60 Å². The number of nitrogens with zero attached hydrogens (tertiary/aromatic N) is 2. The Kier molecular flexibility index (Phi) is 2.22. The van der Waals surface area contributed by atoms with Gasteiger partial charge in [-0.1, -0.05) is 5.16 Å². The third kappa shape index (κ3) is 1.55. The van der Waals surface area contributed by atoms with Crippen LogP contribution in [0.4, 0.5) is 0 Å². The Morgan fingerprint density at radius 1 is 1.59 bits per heavy atom. The van der Waals surface area contributed by atoms with Crippen molar-refractivity contribution in [3.63, 3.8) is 0 Å². The summed E-state index contributed by atoms with van der Waals surface area (Å²) in [6, 6.07) is 0. The zero-order chi connectivity index (χ0) is 12.0. The van der Waals surface area contributed by atoms with Gasteiger partial charge in [0.25, 0.3) is 0 Å². The summed E-state index contributed by atoms with van der Waals surface area (Å²) >= 11 is 0. The lowest BCUT2D eigenvalue weighted by Gasteiger charge is -2.37. The Morgan fingerprint density at radius 2 is 2.35 bits per heavy atom. The summed E-state index contributed by atoms with van der Waals surface area (Å²) in [6.07, 6.45) is 3.49. The van der Waals surface area contributed by atoms with Crippen LogP contribution in [0.1, 0.15) is 43.3 Å². The second-order valence-electron chi connectivity index (χ2n) is 4.80. The van der Waals surface area contributed by atoms with Gasteiger partial charge in [-0.3, -0.25) is 4.79 Å². The van der Waals surface area contributed by atoms with Gasteiger partial charge in [0.05, 0.1) is 11.8 Å². The first-order chi connectivity index (χ1) is 8.16. The molecule has 3 rings (SSSR count). The van der Waals surface area contributed by atoms with Crippen molar-refractivity contribution in [3.8, 4) is 0 Å². The molecule has 2 atom stereocenters. The summed E-state index contributed by atoms with van der Waals surface area (Å²) in [5.41, 5.74) is -0.393. The Bertz CT molecular complexity index is 447. The molecule has 2 unspecified atom stereocenters. The van der Waals surface area contributed by atoms with E-state index in [1.165, 1.54) is 0 Å². The van der Waals surface area contributed by atoms with Crippen molar-refractivity contribution >= 4 is 5.97 Å². The predicted molar refractivity (Wildman–Crippen MR) is 55.3 cm³/mol. The minimum Gasteiger partial charge on any atom is -0.481 e. The molecular formula is C11H14N2O4. The van der Waals surface area contributed by atoms with Crippen LogP contribution < -0.4 is 0 Å². The van der Waals surface area contributed by atoms with E-state index in [9.17, 15) is 4.79 Å². The van der Waals surface area contributed by atoms with Crippen LogP contribution in [-0.2, 0) is 15.1 Å². The highest BCUT2D eigenvalue weighted by molar-refractivity contribution is 5.74. The van der Waals surface area contributed by atoms with E-state index in [2.05, 4.69) is 10.1 Å². The summed E-state index contributed by atoms with van der Waals surface area (Å²) in [7, 11) is 1.65. The molecule has 0 radical (unpaired) electrons. The van der Waals surface area contributed by atoms with Crippen molar-refractivity contribution in [1.82, 2.24) is 10.1 Å². The van der Waals surface area contributed by atoms with Gasteiger partial charge in [-0.2, -0.15) is 4.98 Å². The van der Waals surface area contributed by atoms with Crippen molar-refractivity contribution in [3.05, 3.63) is 11.7 Å². The van der Waals surface area contributed by atoms with Gasteiger partial charge in [-0.05, 0) is 25.7 Å².